The molecule has 2 heterocycles. The number of hydrogen-bond donors (Lipinski definition) is 2. The molecular formula is C35H51N5O6S. The summed E-state index contributed by atoms with van der Waals surface area (Å²) in [6.07, 6.45) is 2.90. The first-order chi connectivity index (χ1) is 22.2. The number of carbonyl (C=O) groups excluding carboxylic acids is 5. The predicted octanol–water partition coefficient (Wildman–Crippen LogP) is 4.64. The van der Waals surface area contributed by atoms with Gasteiger partial charge in [0.1, 0.15) is 16.7 Å². The van der Waals surface area contributed by atoms with E-state index in [1.807, 2.05) is 45.7 Å². The number of aromatic nitrogens is 1. The number of rotatable bonds is 15. The fraction of sp³-hybridized carbons (Fsp3) is 0.600. The second-order valence-electron chi connectivity index (χ2n) is 13.0. The van der Waals surface area contributed by atoms with Gasteiger partial charge in [0.25, 0.3) is 5.91 Å². The summed E-state index contributed by atoms with van der Waals surface area (Å²) in [7, 11) is 3.66. The standard InChI is InChI=1S/C35H51N5O6S/c1-9-22(4)30(38-33(44)27-17-13-14-18-39(27)7)35(45)40(8)28(21(2)3)19-29(46-24(6)41)34-37-26(20-47-34)32(43)36-23(5)31(42)25-15-11-10-12-16-25/h10-12,15-16,20-23,27-30H,9,13-14,17-19H2,1-8H3,(H,36,43)(H,38,44)/t22-,23?,27+,28+,29+,30-/m0/s1. The van der Waals surface area contributed by atoms with Crippen LogP contribution in [0.3, 0.4) is 0 Å². The van der Waals surface area contributed by atoms with Crippen LogP contribution in [0.5, 0.6) is 0 Å². The van der Waals surface area contributed by atoms with E-state index in [0.29, 0.717) is 17.0 Å². The molecular weight excluding hydrogens is 618 g/mol. The fourth-order valence-corrected chi connectivity index (χ4v) is 6.79. The number of ether oxygens (including phenoxy) is 1. The van der Waals surface area contributed by atoms with Gasteiger partial charge in [0.05, 0.1) is 12.1 Å². The molecule has 0 saturated carbocycles. The van der Waals surface area contributed by atoms with Crippen molar-refractivity contribution in [3.8, 4) is 0 Å². The molecule has 258 valence electrons. The van der Waals surface area contributed by atoms with Gasteiger partial charge in [-0.2, -0.15) is 0 Å². The molecule has 1 aliphatic heterocycles. The highest BCUT2D eigenvalue weighted by Crippen LogP contribution is 2.31. The van der Waals surface area contributed by atoms with Crippen LogP contribution in [0.4, 0.5) is 0 Å². The molecule has 3 rings (SSSR count). The van der Waals surface area contributed by atoms with E-state index in [9.17, 15) is 24.0 Å². The normalized spacial score (nSPS) is 18.4. The predicted molar refractivity (Wildman–Crippen MR) is 182 cm³/mol. The molecule has 1 aromatic carbocycles. The zero-order chi connectivity index (χ0) is 34.8. The molecule has 2 N–H and O–H groups in total. The maximum absolute atomic E-state index is 14.1. The first-order valence-corrected chi connectivity index (χ1v) is 17.4. The maximum Gasteiger partial charge on any atom is 0.303 e. The number of carbonyl (C=O) groups is 5. The Morgan fingerprint density at radius 3 is 2.34 bits per heavy atom. The summed E-state index contributed by atoms with van der Waals surface area (Å²) in [5, 5.41) is 7.76. The Bertz CT molecular complexity index is 1380. The summed E-state index contributed by atoms with van der Waals surface area (Å²) < 4.78 is 5.71. The summed E-state index contributed by atoms with van der Waals surface area (Å²) in [5.41, 5.74) is 0.594. The number of nitrogens with zero attached hydrogens (tertiary/aromatic N) is 3. The monoisotopic (exact) mass is 669 g/mol. The van der Waals surface area contributed by atoms with Gasteiger partial charge in [0.2, 0.25) is 11.8 Å². The topological polar surface area (TPSA) is 138 Å². The van der Waals surface area contributed by atoms with Crippen molar-refractivity contribution in [1.82, 2.24) is 25.4 Å². The highest BCUT2D eigenvalue weighted by molar-refractivity contribution is 7.09. The fourth-order valence-electron chi connectivity index (χ4n) is 5.95. The maximum atomic E-state index is 14.1. The van der Waals surface area contributed by atoms with Crippen molar-refractivity contribution in [1.29, 1.82) is 0 Å². The Balaban J connectivity index is 1.78. The number of likely N-dealkylation sites (tertiary alicyclic amines) is 1. The lowest BCUT2D eigenvalue weighted by Crippen LogP contribution is -2.58. The summed E-state index contributed by atoms with van der Waals surface area (Å²) in [5.74, 6) is -1.74. The van der Waals surface area contributed by atoms with Crippen LogP contribution in [0.2, 0.25) is 0 Å². The van der Waals surface area contributed by atoms with E-state index in [1.165, 1.54) is 18.3 Å². The van der Waals surface area contributed by atoms with Crippen molar-refractivity contribution in [2.24, 2.45) is 11.8 Å². The van der Waals surface area contributed by atoms with Gasteiger partial charge >= 0.3 is 5.97 Å². The Hall–Kier alpha value is -3.64. The summed E-state index contributed by atoms with van der Waals surface area (Å²) in [4.78, 5) is 73.7. The highest BCUT2D eigenvalue weighted by atomic mass is 32.1. The first-order valence-electron chi connectivity index (χ1n) is 16.5. The number of likely N-dealkylation sites (N-methyl/N-ethyl adjacent to an activating group) is 2. The van der Waals surface area contributed by atoms with Gasteiger partial charge in [-0.3, -0.25) is 28.9 Å². The van der Waals surface area contributed by atoms with E-state index >= 15 is 0 Å². The van der Waals surface area contributed by atoms with Crippen LogP contribution in [0.15, 0.2) is 35.7 Å². The molecule has 0 aliphatic carbocycles. The van der Waals surface area contributed by atoms with E-state index in [4.69, 9.17) is 4.74 Å². The van der Waals surface area contributed by atoms with Crippen molar-refractivity contribution in [3.05, 3.63) is 52.0 Å². The zero-order valence-electron chi connectivity index (χ0n) is 28.9. The average molecular weight is 670 g/mol. The zero-order valence-corrected chi connectivity index (χ0v) is 29.8. The van der Waals surface area contributed by atoms with E-state index in [2.05, 4.69) is 15.6 Å². The Morgan fingerprint density at radius 1 is 1.06 bits per heavy atom. The van der Waals surface area contributed by atoms with Crippen LogP contribution in [-0.4, -0.2) is 89.1 Å². The van der Waals surface area contributed by atoms with Gasteiger partial charge in [-0.1, -0.05) is 70.9 Å². The van der Waals surface area contributed by atoms with Crippen molar-refractivity contribution < 1.29 is 28.7 Å². The van der Waals surface area contributed by atoms with Crippen LogP contribution >= 0.6 is 11.3 Å². The smallest absolute Gasteiger partial charge is 0.303 e. The van der Waals surface area contributed by atoms with Gasteiger partial charge in [0.15, 0.2) is 11.9 Å². The molecule has 1 fully saturated rings. The van der Waals surface area contributed by atoms with Crippen LogP contribution in [0.25, 0.3) is 0 Å². The number of nitrogens with one attached hydrogen (secondary N) is 2. The molecule has 0 bridgehead atoms. The number of thiazole rings is 1. The number of piperidine rings is 1. The van der Waals surface area contributed by atoms with E-state index in [-0.39, 0.29) is 53.6 Å². The van der Waals surface area contributed by atoms with Crippen LogP contribution < -0.4 is 10.6 Å². The molecule has 0 spiro atoms. The lowest BCUT2D eigenvalue weighted by Gasteiger charge is -2.38. The number of ketones is 1. The molecule has 12 heteroatoms. The number of benzene rings is 1. The van der Waals surface area contributed by atoms with Crippen molar-refractivity contribution in [3.63, 3.8) is 0 Å². The number of Topliss-reactive ketones (excluding diaryl/α,β-unsaturated/α-hetero) is 1. The van der Waals surface area contributed by atoms with Crippen LogP contribution in [0, 0.1) is 11.8 Å². The van der Waals surface area contributed by atoms with Crippen molar-refractivity contribution >= 4 is 40.8 Å². The van der Waals surface area contributed by atoms with Gasteiger partial charge in [-0.15, -0.1) is 11.3 Å². The van der Waals surface area contributed by atoms with Crippen LogP contribution in [-0.2, 0) is 19.1 Å². The van der Waals surface area contributed by atoms with Gasteiger partial charge in [-0.05, 0) is 45.2 Å². The molecule has 2 aromatic rings. The molecule has 3 amide bonds. The van der Waals surface area contributed by atoms with E-state index < -0.39 is 30.1 Å². The molecule has 11 nitrogen and oxygen atoms in total. The third-order valence-corrected chi connectivity index (χ3v) is 9.99. The lowest BCUT2D eigenvalue weighted by molar-refractivity contribution is -0.149. The Kier molecular flexibility index (Phi) is 14.1. The summed E-state index contributed by atoms with van der Waals surface area (Å²) >= 11 is 1.17. The lowest BCUT2D eigenvalue weighted by atomic mass is 9.92. The quantitative estimate of drug-likeness (QED) is 0.207. The second kappa shape index (κ2) is 17.5. The minimum absolute atomic E-state index is 0.0349. The molecule has 1 aliphatic rings. The third kappa shape index (κ3) is 10.2. The summed E-state index contributed by atoms with van der Waals surface area (Å²) in [6, 6.07) is 6.58. The number of hydrogen-bond acceptors (Lipinski definition) is 9. The minimum atomic E-state index is -0.822. The molecule has 1 saturated heterocycles. The van der Waals surface area contributed by atoms with Crippen LogP contribution in [0.1, 0.15) is 106 Å². The van der Waals surface area contributed by atoms with E-state index in [0.717, 1.165) is 25.8 Å². The highest BCUT2D eigenvalue weighted by Gasteiger charge is 2.37. The first kappa shape index (κ1) is 37.8. The largest absolute Gasteiger partial charge is 0.455 e. The Morgan fingerprint density at radius 2 is 1.74 bits per heavy atom. The van der Waals surface area contributed by atoms with Crippen molar-refractivity contribution in [2.75, 3.05) is 20.6 Å². The van der Waals surface area contributed by atoms with Crippen molar-refractivity contribution in [2.45, 2.75) is 104 Å². The molecule has 47 heavy (non-hydrogen) atoms. The average Bonchev–Trinajstić information content (AvgIpc) is 3.55. The third-order valence-electron chi connectivity index (χ3n) is 9.06. The number of amides is 3. The molecule has 1 unspecified atom stereocenters. The second-order valence-corrected chi connectivity index (χ2v) is 13.8. The molecule has 1 aromatic heterocycles. The number of esters is 1. The van der Waals surface area contributed by atoms with Gasteiger partial charge in [-0.25, -0.2) is 4.98 Å². The Labute approximate surface area is 282 Å². The molecule has 6 atom stereocenters. The summed E-state index contributed by atoms with van der Waals surface area (Å²) in [6.45, 7) is 11.7. The van der Waals surface area contributed by atoms with Gasteiger partial charge < -0.3 is 20.3 Å². The SMILES string of the molecule is CC[C@H](C)[C@H](NC(=O)[C@H]1CCCCN1C)C(=O)N(C)[C@H](C[C@@H](OC(C)=O)c1nc(C(=O)NC(C)C(=O)c2ccccc2)cs1)C(C)C. The molecule has 0 radical (unpaired) electrons. The minimum Gasteiger partial charge on any atom is -0.455 e. The van der Waals surface area contributed by atoms with Gasteiger partial charge in [0, 0.05) is 37.4 Å². The van der Waals surface area contributed by atoms with E-state index in [1.54, 1.807) is 48.5 Å².